The molecule has 10 rings (SSSR count). The molecule has 3 aromatic rings. The Balaban J connectivity index is 0.663. The number of amides is 4. The number of aryl methyl sites for hydroxylation is 1. The summed E-state index contributed by atoms with van der Waals surface area (Å²) >= 11 is 0. The third-order valence-corrected chi connectivity index (χ3v) is 14.4. The van der Waals surface area contributed by atoms with Gasteiger partial charge in [-0.15, -0.1) is 0 Å². The lowest BCUT2D eigenvalue weighted by Crippen LogP contribution is -2.44. The van der Waals surface area contributed by atoms with Gasteiger partial charge in [-0.3, -0.25) is 29.5 Å². The number of imide groups is 1. The van der Waals surface area contributed by atoms with Crippen LogP contribution in [0.4, 0.5) is 20.3 Å². The normalized spacial score (nSPS) is 28.9. The van der Waals surface area contributed by atoms with Gasteiger partial charge in [0.1, 0.15) is 23.3 Å². The summed E-state index contributed by atoms with van der Waals surface area (Å²) in [6.07, 6.45) is 8.74. The zero-order valence-electron chi connectivity index (χ0n) is 35.5. The van der Waals surface area contributed by atoms with Crippen molar-refractivity contribution in [3.63, 3.8) is 0 Å². The Labute approximate surface area is 363 Å². The molecule has 5 atom stereocenters. The fourth-order valence-electron chi connectivity index (χ4n) is 10.9. The van der Waals surface area contributed by atoms with E-state index >= 15 is 0 Å². The average Bonchev–Trinajstić information content (AvgIpc) is 4.13. The molecule has 1 aliphatic carbocycles. The molecular weight excluding hydrogens is 815 g/mol. The molecule has 0 spiro atoms. The Kier molecular flexibility index (Phi) is 11.5. The van der Waals surface area contributed by atoms with Gasteiger partial charge in [0.2, 0.25) is 17.7 Å². The number of rotatable bonds is 12. The Morgan fingerprint density at radius 1 is 1.05 bits per heavy atom. The number of alkyl halides is 2. The first kappa shape index (κ1) is 41.8. The minimum absolute atomic E-state index is 0.0249. The van der Waals surface area contributed by atoms with Crippen LogP contribution in [0.2, 0.25) is 0 Å². The molecule has 0 radical (unpaired) electrons. The van der Waals surface area contributed by atoms with E-state index in [2.05, 4.69) is 41.6 Å². The molecule has 5 fully saturated rings. The fourth-order valence-corrected chi connectivity index (χ4v) is 10.9. The van der Waals surface area contributed by atoms with Crippen LogP contribution in [0.3, 0.4) is 0 Å². The van der Waals surface area contributed by atoms with Gasteiger partial charge in [-0.25, -0.2) is 23.3 Å². The maximum atomic E-state index is 14.3. The molecule has 1 saturated carbocycles. The van der Waals surface area contributed by atoms with Crippen LogP contribution in [0.25, 0.3) is 5.65 Å². The second kappa shape index (κ2) is 17.4. The lowest BCUT2D eigenvalue weighted by Gasteiger charge is -2.37. The molecule has 7 aliphatic rings. The molecule has 334 valence electrons. The van der Waals surface area contributed by atoms with Crippen LogP contribution < -0.4 is 20.4 Å². The summed E-state index contributed by atoms with van der Waals surface area (Å²) in [6.45, 7) is 4.95. The topological polar surface area (TPSA) is 175 Å². The van der Waals surface area contributed by atoms with Gasteiger partial charge >= 0.3 is 0 Å². The number of likely N-dealkylation sites (N-methyl/N-ethyl adjacent to an activating group) is 1. The Morgan fingerprint density at radius 2 is 1.87 bits per heavy atom. The van der Waals surface area contributed by atoms with Gasteiger partial charge in [-0.1, -0.05) is 12.1 Å². The predicted molar refractivity (Wildman–Crippen MR) is 228 cm³/mol. The summed E-state index contributed by atoms with van der Waals surface area (Å²) in [5.41, 5.74) is 2.82. The van der Waals surface area contributed by atoms with E-state index in [9.17, 15) is 28.0 Å². The third-order valence-electron chi connectivity index (χ3n) is 14.4. The van der Waals surface area contributed by atoms with E-state index in [1.807, 2.05) is 18.2 Å². The summed E-state index contributed by atoms with van der Waals surface area (Å²) in [5, 5.41) is 9.31. The SMILES string of the molecule is CN1C(=O)C(C2CCC(=O)NC2=O)c2cc(CCCOC3CCN(C[C@H]4CC[C@H](C5N=C(NC(=O)c6cnn7ccc(N8C[C@H]9C[C@@H]8CO9)nc67)C(C(F)F)=N5)CC4)CC3)ccc21. The summed E-state index contributed by atoms with van der Waals surface area (Å²) in [6, 6.07) is 8.15. The highest BCUT2D eigenvalue weighted by Gasteiger charge is 2.45. The zero-order chi connectivity index (χ0) is 43.4. The number of hydrogen-bond donors (Lipinski definition) is 2. The first-order chi connectivity index (χ1) is 30.6. The number of morpholine rings is 1. The molecule has 6 aliphatic heterocycles. The van der Waals surface area contributed by atoms with Gasteiger partial charge in [0.15, 0.2) is 11.5 Å². The van der Waals surface area contributed by atoms with E-state index in [4.69, 9.17) is 14.5 Å². The second-order valence-electron chi connectivity index (χ2n) is 18.4. The van der Waals surface area contributed by atoms with Crippen molar-refractivity contribution < 1.29 is 37.4 Å². The van der Waals surface area contributed by atoms with Crippen molar-refractivity contribution in [3.05, 3.63) is 53.3 Å². The third kappa shape index (κ3) is 8.36. The number of amidine groups is 1. The van der Waals surface area contributed by atoms with Crippen LogP contribution >= 0.6 is 0 Å². The van der Waals surface area contributed by atoms with Crippen LogP contribution in [0.15, 0.2) is 46.6 Å². The number of benzene rings is 1. The molecule has 2 aromatic heterocycles. The fraction of sp³-hybridized carbons (Fsp3) is 0.600. The summed E-state index contributed by atoms with van der Waals surface area (Å²) in [5.74, 6) is -1.39. The highest BCUT2D eigenvalue weighted by Crippen LogP contribution is 2.44. The molecular formula is C45H54F2N10O6. The van der Waals surface area contributed by atoms with Crippen molar-refractivity contribution in [2.75, 3.05) is 56.2 Å². The molecule has 18 heteroatoms. The highest BCUT2D eigenvalue weighted by molar-refractivity contribution is 6.46. The molecule has 63 heavy (non-hydrogen) atoms. The lowest BCUT2D eigenvalue weighted by molar-refractivity contribution is -0.139. The minimum atomic E-state index is -2.87. The molecule has 3 unspecified atom stereocenters. The Hall–Kier alpha value is -5.20. The van der Waals surface area contributed by atoms with Crippen molar-refractivity contribution in [1.82, 2.24) is 30.1 Å². The smallest absolute Gasteiger partial charge is 0.283 e. The van der Waals surface area contributed by atoms with E-state index in [-0.39, 0.29) is 59.7 Å². The van der Waals surface area contributed by atoms with E-state index in [1.54, 1.807) is 18.1 Å². The molecule has 2 bridgehead atoms. The minimum Gasteiger partial charge on any atom is -0.378 e. The van der Waals surface area contributed by atoms with Crippen LogP contribution in [-0.4, -0.2) is 132 Å². The van der Waals surface area contributed by atoms with Crippen molar-refractivity contribution in [2.45, 2.75) is 107 Å². The molecule has 1 aromatic carbocycles. The number of likely N-dealkylation sites (tertiary alicyclic amines) is 1. The number of fused-ring (bicyclic) bond motifs is 4. The number of hydrogen-bond acceptors (Lipinski definition) is 12. The zero-order valence-corrected chi connectivity index (χ0v) is 35.5. The van der Waals surface area contributed by atoms with Gasteiger partial charge in [0.05, 0.1) is 42.9 Å². The summed E-state index contributed by atoms with van der Waals surface area (Å²) in [4.78, 5) is 71.1. The van der Waals surface area contributed by atoms with Crippen molar-refractivity contribution >= 4 is 52.3 Å². The van der Waals surface area contributed by atoms with Crippen LogP contribution in [0, 0.1) is 17.8 Å². The van der Waals surface area contributed by atoms with Gasteiger partial charge in [0.25, 0.3) is 12.3 Å². The molecule has 16 nitrogen and oxygen atoms in total. The molecule has 2 N–H and O–H groups in total. The number of anilines is 2. The standard InChI is InChI=1S/C45H54F2N10O6/c1-54-34-10-6-25(19-32(34)37(45(54)61)31-9-11-36(58)50-43(31)59)3-2-18-62-29-12-15-55(16-13-29)22-26-4-7-27(8-5-26)40-51-38(39(46)47)41(52-40)53-44(60)33-21-48-57-17-14-35(49-42(33)57)56-23-30-20-28(56)24-63-30/h6,10,14,17,19,21,26-31,37,39-40H,2-5,7-9,11-13,15-16,18,20,22-24H2,1H3,(H,50,58,59)(H,52,53,60)/t26-,27-,28-,30-,31?,37?,40?/m1/s1. The number of piperidine rings is 2. The maximum absolute atomic E-state index is 14.3. The Morgan fingerprint density at radius 3 is 2.62 bits per heavy atom. The number of ether oxygens (including phenoxy) is 2. The summed E-state index contributed by atoms with van der Waals surface area (Å²) in [7, 11) is 1.74. The van der Waals surface area contributed by atoms with E-state index in [0.717, 1.165) is 107 Å². The van der Waals surface area contributed by atoms with E-state index in [0.29, 0.717) is 31.2 Å². The number of nitrogens with one attached hydrogen (secondary N) is 2. The van der Waals surface area contributed by atoms with Gasteiger partial charge in [0, 0.05) is 64.1 Å². The first-order valence-electron chi connectivity index (χ1n) is 22.6. The molecule has 4 saturated heterocycles. The largest absolute Gasteiger partial charge is 0.378 e. The van der Waals surface area contributed by atoms with E-state index < -0.39 is 36.0 Å². The quantitative estimate of drug-likeness (QED) is 0.201. The van der Waals surface area contributed by atoms with Crippen LogP contribution in [0.5, 0.6) is 0 Å². The molecule has 4 amide bonds. The number of aromatic nitrogens is 3. The van der Waals surface area contributed by atoms with E-state index in [1.165, 1.54) is 10.7 Å². The van der Waals surface area contributed by atoms with Crippen molar-refractivity contribution in [2.24, 2.45) is 27.7 Å². The van der Waals surface area contributed by atoms with Gasteiger partial charge in [-0.2, -0.15) is 5.10 Å². The Bertz CT molecular complexity index is 2340. The number of carbonyl (C=O) groups excluding carboxylic acids is 4. The molecule has 8 heterocycles. The highest BCUT2D eigenvalue weighted by atomic mass is 19.3. The van der Waals surface area contributed by atoms with Gasteiger partial charge in [-0.05, 0) is 93.4 Å². The number of aliphatic imine (C=N–C) groups is 2. The predicted octanol–water partition coefficient (Wildman–Crippen LogP) is 3.91. The van der Waals surface area contributed by atoms with Crippen molar-refractivity contribution in [1.29, 1.82) is 0 Å². The maximum Gasteiger partial charge on any atom is 0.283 e. The van der Waals surface area contributed by atoms with Crippen LogP contribution in [-0.2, 0) is 30.3 Å². The first-order valence-corrected chi connectivity index (χ1v) is 22.6. The number of nitrogens with zero attached hydrogens (tertiary/aromatic N) is 8. The number of carbonyl (C=O) groups is 4. The van der Waals surface area contributed by atoms with Gasteiger partial charge < -0.3 is 29.5 Å². The van der Waals surface area contributed by atoms with Crippen LogP contribution in [0.1, 0.15) is 91.6 Å². The van der Waals surface area contributed by atoms with Crippen molar-refractivity contribution in [3.8, 4) is 0 Å². The number of halogens is 2. The second-order valence-corrected chi connectivity index (χ2v) is 18.4. The summed E-state index contributed by atoms with van der Waals surface area (Å²) < 4.78 is 42.1. The lowest BCUT2D eigenvalue weighted by atomic mass is 9.80. The monoisotopic (exact) mass is 868 g/mol. The average molecular weight is 869 g/mol.